The number of aryl methyl sites for hydroxylation is 1. The molecular weight excluding hydrogens is 300 g/mol. The van der Waals surface area contributed by atoms with Crippen LogP contribution in [0.3, 0.4) is 0 Å². The number of fused-ring (bicyclic) bond motifs is 1. The fraction of sp³-hybridized carbons (Fsp3) is 0.333. The number of aromatic nitrogens is 2. The van der Waals surface area contributed by atoms with E-state index >= 15 is 0 Å². The van der Waals surface area contributed by atoms with Crippen LogP contribution in [-0.4, -0.2) is 45.6 Å². The number of nitrogens with one attached hydrogen (secondary N) is 1. The van der Waals surface area contributed by atoms with Gasteiger partial charge in [-0.25, -0.2) is 9.97 Å². The van der Waals surface area contributed by atoms with Crippen LogP contribution in [0.2, 0.25) is 0 Å². The zero-order valence-corrected chi connectivity index (χ0v) is 13.8. The molecule has 3 heterocycles. The molecule has 1 unspecified atom stereocenters. The molecule has 6 nitrogen and oxygen atoms in total. The van der Waals surface area contributed by atoms with E-state index in [1.54, 1.807) is 6.20 Å². The highest BCUT2D eigenvalue weighted by Crippen LogP contribution is 2.25. The topological polar surface area (TPSA) is 70.3 Å². The lowest BCUT2D eigenvalue weighted by molar-refractivity contribution is 0.121. The van der Waals surface area contributed by atoms with Gasteiger partial charge >= 0.3 is 0 Å². The number of piperazine rings is 1. The van der Waals surface area contributed by atoms with E-state index in [1.165, 1.54) is 11.1 Å². The van der Waals surface area contributed by atoms with Crippen LogP contribution in [0.4, 0.5) is 5.95 Å². The van der Waals surface area contributed by atoms with Gasteiger partial charge in [-0.05, 0) is 30.2 Å². The molecule has 0 saturated carbocycles. The smallest absolute Gasteiger partial charge is 0.220 e. The maximum Gasteiger partial charge on any atom is 0.220 e. The number of nitrogens with two attached hydrogens (primary N) is 1. The van der Waals surface area contributed by atoms with Gasteiger partial charge in [0.25, 0.3) is 0 Å². The largest absolute Gasteiger partial charge is 0.368 e. The van der Waals surface area contributed by atoms with Crippen molar-refractivity contribution in [1.29, 1.82) is 0 Å². The van der Waals surface area contributed by atoms with Crippen LogP contribution in [-0.2, 0) is 6.54 Å². The molecule has 24 heavy (non-hydrogen) atoms. The number of nitrogen functional groups attached to an aromatic ring is 1. The Kier molecular flexibility index (Phi) is 3.82. The monoisotopic (exact) mass is 322 g/mol. The van der Waals surface area contributed by atoms with Crippen LogP contribution in [0.1, 0.15) is 11.1 Å². The van der Waals surface area contributed by atoms with Crippen molar-refractivity contribution in [3.63, 3.8) is 0 Å². The summed E-state index contributed by atoms with van der Waals surface area (Å²) < 4.78 is 0. The second-order valence-electron chi connectivity index (χ2n) is 6.33. The summed E-state index contributed by atoms with van der Waals surface area (Å²) >= 11 is 0. The van der Waals surface area contributed by atoms with E-state index in [0.29, 0.717) is 12.1 Å². The van der Waals surface area contributed by atoms with Gasteiger partial charge in [-0.15, -0.1) is 0 Å². The van der Waals surface area contributed by atoms with Gasteiger partial charge in [0.15, 0.2) is 0 Å². The fourth-order valence-corrected chi connectivity index (χ4v) is 3.38. The summed E-state index contributed by atoms with van der Waals surface area (Å²) in [5.41, 5.74) is 10.2. The summed E-state index contributed by atoms with van der Waals surface area (Å²) in [6.45, 7) is 6.21. The lowest BCUT2D eigenvalue weighted by Crippen LogP contribution is -2.52. The molecule has 0 bridgehead atoms. The summed E-state index contributed by atoms with van der Waals surface area (Å²) in [6, 6.07) is 8.36. The summed E-state index contributed by atoms with van der Waals surface area (Å²) in [4.78, 5) is 13.1. The van der Waals surface area contributed by atoms with Crippen molar-refractivity contribution in [3.05, 3.63) is 54.0 Å². The van der Waals surface area contributed by atoms with Crippen LogP contribution < -0.4 is 11.1 Å². The van der Waals surface area contributed by atoms with Crippen molar-refractivity contribution in [2.24, 2.45) is 0 Å². The highest BCUT2D eigenvalue weighted by molar-refractivity contribution is 5.61. The summed E-state index contributed by atoms with van der Waals surface area (Å²) in [7, 11) is 0. The third-order valence-electron chi connectivity index (χ3n) is 4.75. The lowest BCUT2D eigenvalue weighted by Gasteiger charge is -2.36. The Balaban J connectivity index is 1.53. The predicted octanol–water partition coefficient (Wildman–Crippen LogP) is 1.55. The van der Waals surface area contributed by atoms with Crippen LogP contribution in [0.15, 0.2) is 42.9 Å². The second-order valence-corrected chi connectivity index (χ2v) is 6.33. The van der Waals surface area contributed by atoms with Gasteiger partial charge in [-0.3, -0.25) is 0 Å². The molecule has 4 rings (SSSR count). The molecule has 1 fully saturated rings. The maximum atomic E-state index is 5.69. The molecule has 124 valence electrons. The van der Waals surface area contributed by atoms with E-state index in [0.717, 1.165) is 37.4 Å². The number of hydrogen-bond donors (Lipinski definition) is 2. The van der Waals surface area contributed by atoms with E-state index in [4.69, 9.17) is 5.73 Å². The van der Waals surface area contributed by atoms with E-state index in [-0.39, 0.29) is 0 Å². The molecule has 0 radical (unpaired) electrons. The van der Waals surface area contributed by atoms with Gasteiger partial charge in [-0.1, -0.05) is 12.1 Å². The number of rotatable bonds is 3. The maximum absolute atomic E-state index is 5.69. The van der Waals surface area contributed by atoms with E-state index in [2.05, 4.69) is 62.6 Å². The van der Waals surface area contributed by atoms with Gasteiger partial charge in [0, 0.05) is 50.3 Å². The molecule has 0 aliphatic carbocycles. The summed E-state index contributed by atoms with van der Waals surface area (Å²) in [5, 5.41) is 3.47. The molecule has 0 spiro atoms. The first-order valence-electron chi connectivity index (χ1n) is 8.30. The van der Waals surface area contributed by atoms with Gasteiger partial charge in [0.05, 0.1) is 5.69 Å². The second kappa shape index (κ2) is 6.13. The van der Waals surface area contributed by atoms with Crippen molar-refractivity contribution in [2.75, 3.05) is 25.4 Å². The first-order valence-corrected chi connectivity index (χ1v) is 8.30. The van der Waals surface area contributed by atoms with Gasteiger partial charge in [0.1, 0.15) is 6.17 Å². The Labute approximate surface area is 142 Å². The van der Waals surface area contributed by atoms with Crippen molar-refractivity contribution < 1.29 is 0 Å². The van der Waals surface area contributed by atoms with Gasteiger partial charge in [0.2, 0.25) is 5.95 Å². The Morgan fingerprint density at radius 1 is 1.29 bits per heavy atom. The molecule has 0 amide bonds. The third kappa shape index (κ3) is 2.80. The number of benzene rings is 1. The molecule has 2 aliphatic heterocycles. The first kappa shape index (κ1) is 15.0. The van der Waals surface area contributed by atoms with Crippen molar-refractivity contribution in [3.8, 4) is 11.3 Å². The lowest BCUT2D eigenvalue weighted by atomic mass is 10.0. The Bertz CT molecular complexity index is 772. The normalized spacial score (nSPS) is 19.6. The molecular formula is C18H22N6. The number of nitrogens with zero attached hydrogens (tertiary/aromatic N) is 4. The van der Waals surface area contributed by atoms with Crippen molar-refractivity contribution in [1.82, 2.24) is 25.1 Å². The van der Waals surface area contributed by atoms with Crippen molar-refractivity contribution >= 4 is 5.95 Å². The van der Waals surface area contributed by atoms with E-state index < -0.39 is 0 Å². The average Bonchev–Trinajstić information content (AvgIpc) is 3.00. The fourth-order valence-electron chi connectivity index (χ4n) is 3.38. The van der Waals surface area contributed by atoms with Crippen LogP contribution >= 0.6 is 0 Å². The summed E-state index contributed by atoms with van der Waals surface area (Å²) in [6.07, 6.45) is 6.54. The minimum Gasteiger partial charge on any atom is -0.368 e. The summed E-state index contributed by atoms with van der Waals surface area (Å²) in [5.74, 6) is 0.307. The molecule has 2 aliphatic rings. The third-order valence-corrected chi connectivity index (χ3v) is 4.75. The minimum absolute atomic E-state index is 0.307. The van der Waals surface area contributed by atoms with E-state index in [1.807, 2.05) is 6.07 Å². The predicted molar refractivity (Wildman–Crippen MR) is 94.7 cm³/mol. The highest BCUT2D eigenvalue weighted by atomic mass is 15.4. The van der Waals surface area contributed by atoms with Crippen LogP contribution in [0.5, 0.6) is 0 Å². The molecule has 1 aromatic heterocycles. The van der Waals surface area contributed by atoms with E-state index in [9.17, 15) is 0 Å². The molecule has 2 aromatic rings. The first-order chi connectivity index (χ1) is 11.7. The molecule has 6 heteroatoms. The Hall–Kier alpha value is -2.60. The van der Waals surface area contributed by atoms with Gasteiger partial charge < -0.3 is 20.9 Å². The molecule has 1 aromatic carbocycles. The quantitative estimate of drug-likeness (QED) is 0.893. The Morgan fingerprint density at radius 2 is 2.21 bits per heavy atom. The molecule has 1 saturated heterocycles. The standard InChI is InChI=1S/C18H22N6/c1-13-10-14(16-4-5-21-18(19)22-16)2-3-15(13)12-24-9-8-23-7-6-20-11-17(23)24/h2-5,8-10,17,20H,6-7,11-12H2,1H3,(H2,19,21,22). The zero-order valence-electron chi connectivity index (χ0n) is 13.8. The SMILES string of the molecule is Cc1cc(-c2ccnc(N)n2)ccc1CN1C=CN2CCNCC21. The van der Waals surface area contributed by atoms with Crippen LogP contribution in [0, 0.1) is 6.92 Å². The Morgan fingerprint density at radius 3 is 3.04 bits per heavy atom. The number of hydrogen-bond acceptors (Lipinski definition) is 6. The molecule has 1 atom stereocenters. The molecule has 3 N–H and O–H groups in total. The van der Waals surface area contributed by atoms with Crippen molar-refractivity contribution in [2.45, 2.75) is 19.6 Å². The number of anilines is 1. The van der Waals surface area contributed by atoms with Gasteiger partial charge in [-0.2, -0.15) is 0 Å². The highest BCUT2D eigenvalue weighted by Gasteiger charge is 2.28. The average molecular weight is 322 g/mol. The zero-order chi connectivity index (χ0) is 16.5. The minimum atomic E-state index is 0.307. The van der Waals surface area contributed by atoms with Crippen LogP contribution in [0.25, 0.3) is 11.3 Å².